The maximum absolute atomic E-state index is 12.2. The molecule has 2 unspecified atom stereocenters. The van der Waals surface area contributed by atoms with Gasteiger partial charge in [0.25, 0.3) is 0 Å². The van der Waals surface area contributed by atoms with E-state index in [1.54, 1.807) is 0 Å². The molecule has 0 aromatic carbocycles. The van der Waals surface area contributed by atoms with Crippen LogP contribution in [0.3, 0.4) is 0 Å². The largest absolute Gasteiger partial charge is 0.321 e. The van der Waals surface area contributed by atoms with Gasteiger partial charge in [0.15, 0.2) is 0 Å². The highest BCUT2D eigenvalue weighted by Crippen LogP contribution is 2.25. The van der Waals surface area contributed by atoms with E-state index in [4.69, 9.17) is 0 Å². The standard InChI is InChI=1S/C15H26N2O/c1-12-6-5-7-13(2)17(12)15(18)16-11-10-14-8-3-4-9-14/h10-14H,3-9H2,1-2H3,(H,16,18)/b11-10+. The van der Waals surface area contributed by atoms with Crippen LogP contribution in [-0.4, -0.2) is 23.0 Å². The summed E-state index contributed by atoms with van der Waals surface area (Å²) in [4.78, 5) is 14.2. The summed E-state index contributed by atoms with van der Waals surface area (Å²) < 4.78 is 0. The van der Waals surface area contributed by atoms with E-state index in [1.165, 1.54) is 32.1 Å². The van der Waals surface area contributed by atoms with Crippen LogP contribution in [0.15, 0.2) is 12.3 Å². The first-order chi connectivity index (χ1) is 8.68. The van der Waals surface area contributed by atoms with Gasteiger partial charge in [-0.25, -0.2) is 4.79 Å². The average molecular weight is 250 g/mol. The Labute approximate surface area is 111 Å². The van der Waals surface area contributed by atoms with Gasteiger partial charge >= 0.3 is 6.03 Å². The Kier molecular flexibility index (Phi) is 4.67. The fourth-order valence-electron chi connectivity index (χ4n) is 3.30. The van der Waals surface area contributed by atoms with E-state index < -0.39 is 0 Å². The summed E-state index contributed by atoms with van der Waals surface area (Å²) in [6.07, 6.45) is 12.8. The summed E-state index contributed by atoms with van der Waals surface area (Å²) in [6.45, 7) is 4.30. The van der Waals surface area contributed by atoms with Crippen LogP contribution in [-0.2, 0) is 0 Å². The second kappa shape index (κ2) is 6.26. The number of nitrogens with one attached hydrogen (secondary N) is 1. The van der Waals surface area contributed by atoms with Crippen molar-refractivity contribution in [2.24, 2.45) is 5.92 Å². The predicted octanol–water partition coefficient (Wildman–Crippen LogP) is 3.66. The Hall–Kier alpha value is -0.990. The van der Waals surface area contributed by atoms with E-state index in [1.807, 2.05) is 11.1 Å². The molecule has 1 aliphatic carbocycles. The smallest absolute Gasteiger partial charge is 0.319 e. The van der Waals surface area contributed by atoms with Crippen molar-refractivity contribution in [2.75, 3.05) is 0 Å². The fraction of sp³-hybridized carbons (Fsp3) is 0.800. The van der Waals surface area contributed by atoms with E-state index in [2.05, 4.69) is 25.2 Å². The molecule has 0 bridgehead atoms. The monoisotopic (exact) mass is 250 g/mol. The molecule has 2 rings (SSSR count). The van der Waals surface area contributed by atoms with Gasteiger partial charge in [-0.15, -0.1) is 0 Å². The quantitative estimate of drug-likeness (QED) is 0.797. The molecule has 0 spiro atoms. The van der Waals surface area contributed by atoms with E-state index in [0.717, 1.165) is 12.8 Å². The third kappa shape index (κ3) is 3.27. The molecule has 1 aliphatic heterocycles. The third-order valence-electron chi connectivity index (χ3n) is 4.40. The van der Waals surface area contributed by atoms with Crippen molar-refractivity contribution in [2.45, 2.75) is 70.9 Å². The lowest BCUT2D eigenvalue weighted by Gasteiger charge is -2.38. The number of hydrogen-bond donors (Lipinski definition) is 1. The number of rotatable bonds is 2. The summed E-state index contributed by atoms with van der Waals surface area (Å²) in [7, 11) is 0. The maximum atomic E-state index is 12.2. The molecular formula is C15H26N2O. The molecule has 18 heavy (non-hydrogen) atoms. The zero-order chi connectivity index (χ0) is 13.0. The molecule has 102 valence electrons. The highest BCUT2D eigenvalue weighted by atomic mass is 16.2. The molecule has 1 saturated carbocycles. The number of carbonyl (C=O) groups excluding carboxylic acids is 1. The number of urea groups is 1. The van der Waals surface area contributed by atoms with Crippen LogP contribution in [0.4, 0.5) is 4.79 Å². The van der Waals surface area contributed by atoms with Crippen LogP contribution in [0.2, 0.25) is 0 Å². The fourth-order valence-corrected chi connectivity index (χ4v) is 3.30. The van der Waals surface area contributed by atoms with Crippen LogP contribution < -0.4 is 5.32 Å². The molecule has 2 aliphatic rings. The first-order valence-electron chi connectivity index (χ1n) is 7.44. The lowest BCUT2D eigenvalue weighted by Crippen LogP contribution is -2.50. The molecule has 2 fully saturated rings. The summed E-state index contributed by atoms with van der Waals surface area (Å²) in [5.74, 6) is 0.682. The molecular weight excluding hydrogens is 224 g/mol. The predicted molar refractivity (Wildman–Crippen MR) is 74.2 cm³/mol. The van der Waals surface area contributed by atoms with Gasteiger partial charge in [0, 0.05) is 18.3 Å². The highest BCUT2D eigenvalue weighted by molar-refractivity contribution is 5.76. The Morgan fingerprint density at radius 2 is 1.67 bits per heavy atom. The van der Waals surface area contributed by atoms with Gasteiger partial charge in [0.1, 0.15) is 0 Å². The van der Waals surface area contributed by atoms with Crippen LogP contribution in [0.5, 0.6) is 0 Å². The first-order valence-corrected chi connectivity index (χ1v) is 7.44. The van der Waals surface area contributed by atoms with Crippen LogP contribution in [0, 0.1) is 5.92 Å². The van der Waals surface area contributed by atoms with Crippen molar-refractivity contribution in [1.29, 1.82) is 0 Å². The van der Waals surface area contributed by atoms with E-state index >= 15 is 0 Å². The average Bonchev–Trinajstić information content (AvgIpc) is 2.82. The van der Waals surface area contributed by atoms with Crippen LogP contribution in [0.25, 0.3) is 0 Å². The highest BCUT2D eigenvalue weighted by Gasteiger charge is 2.28. The minimum absolute atomic E-state index is 0.0731. The number of amides is 2. The summed E-state index contributed by atoms with van der Waals surface area (Å²) in [5, 5.41) is 2.95. The SMILES string of the molecule is CC1CCCC(C)N1C(=O)N/C=C/C1CCCC1. The number of allylic oxidation sites excluding steroid dienone is 1. The summed E-state index contributed by atoms with van der Waals surface area (Å²) in [6, 6.07) is 0.811. The zero-order valence-electron chi connectivity index (χ0n) is 11.7. The molecule has 1 N–H and O–H groups in total. The van der Waals surface area contributed by atoms with Gasteiger partial charge in [-0.1, -0.05) is 18.9 Å². The Balaban J connectivity index is 1.82. The molecule has 3 nitrogen and oxygen atoms in total. The van der Waals surface area contributed by atoms with Crippen molar-refractivity contribution >= 4 is 6.03 Å². The topological polar surface area (TPSA) is 32.3 Å². The number of likely N-dealkylation sites (tertiary alicyclic amines) is 1. The Morgan fingerprint density at radius 1 is 1.06 bits per heavy atom. The summed E-state index contributed by atoms with van der Waals surface area (Å²) >= 11 is 0. The minimum Gasteiger partial charge on any atom is -0.319 e. The summed E-state index contributed by atoms with van der Waals surface area (Å²) in [5.41, 5.74) is 0. The van der Waals surface area contributed by atoms with Gasteiger partial charge in [-0.3, -0.25) is 0 Å². The van der Waals surface area contributed by atoms with Crippen molar-refractivity contribution in [3.05, 3.63) is 12.3 Å². The van der Waals surface area contributed by atoms with Crippen LogP contribution in [0.1, 0.15) is 58.8 Å². The van der Waals surface area contributed by atoms with E-state index in [-0.39, 0.29) is 6.03 Å². The number of carbonyl (C=O) groups is 1. The lowest BCUT2D eigenvalue weighted by molar-refractivity contribution is 0.125. The first kappa shape index (κ1) is 13.4. The Bertz CT molecular complexity index is 298. The number of hydrogen-bond acceptors (Lipinski definition) is 1. The van der Waals surface area contributed by atoms with E-state index in [0.29, 0.717) is 18.0 Å². The van der Waals surface area contributed by atoms with Crippen molar-refractivity contribution in [3.63, 3.8) is 0 Å². The maximum Gasteiger partial charge on any atom is 0.321 e. The van der Waals surface area contributed by atoms with Crippen LogP contribution >= 0.6 is 0 Å². The number of piperidine rings is 1. The molecule has 0 aromatic rings. The second-order valence-electron chi connectivity index (χ2n) is 5.89. The number of nitrogens with zero attached hydrogens (tertiary/aromatic N) is 1. The van der Waals surface area contributed by atoms with Gasteiger partial charge in [0.2, 0.25) is 0 Å². The second-order valence-corrected chi connectivity index (χ2v) is 5.89. The molecule has 1 heterocycles. The minimum atomic E-state index is 0.0731. The zero-order valence-corrected chi connectivity index (χ0v) is 11.7. The molecule has 0 radical (unpaired) electrons. The normalized spacial score (nSPS) is 30.0. The molecule has 2 amide bonds. The molecule has 1 saturated heterocycles. The molecule has 2 atom stereocenters. The van der Waals surface area contributed by atoms with Crippen molar-refractivity contribution in [3.8, 4) is 0 Å². The molecule has 3 heteroatoms. The van der Waals surface area contributed by atoms with E-state index in [9.17, 15) is 4.79 Å². The van der Waals surface area contributed by atoms with Gasteiger partial charge in [0.05, 0.1) is 0 Å². The third-order valence-corrected chi connectivity index (χ3v) is 4.40. The van der Waals surface area contributed by atoms with Gasteiger partial charge in [-0.2, -0.15) is 0 Å². The lowest BCUT2D eigenvalue weighted by atomic mass is 9.98. The van der Waals surface area contributed by atoms with Crippen molar-refractivity contribution < 1.29 is 4.79 Å². The van der Waals surface area contributed by atoms with Gasteiger partial charge < -0.3 is 10.2 Å². The Morgan fingerprint density at radius 3 is 2.28 bits per heavy atom. The molecule has 0 aromatic heterocycles. The van der Waals surface area contributed by atoms with Gasteiger partial charge in [-0.05, 0) is 51.9 Å². The van der Waals surface area contributed by atoms with Crippen molar-refractivity contribution in [1.82, 2.24) is 10.2 Å².